The second kappa shape index (κ2) is 7.71. The van der Waals surface area contributed by atoms with E-state index in [4.69, 9.17) is 0 Å². The molecule has 0 saturated carbocycles. The van der Waals surface area contributed by atoms with Crippen LogP contribution in [0.2, 0.25) is 0 Å². The van der Waals surface area contributed by atoms with Crippen molar-refractivity contribution in [1.82, 2.24) is 24.6 Å². The smallest absolute Gasteiger partial charge is 0.336 e. The SMILES string of the molecule is Cc1nn(C)c2ncc(CN3CCN(C(=O)c4cccc(C(F)(F)F)c4)CC3)cc12. The molecule has 1 aromatic carbocycles. The number of alkyl halides is 3. The van der Waals surface area contributed by atoms with E-state index in [1.807, 2.05) is 20.2 Å². The Morgan fingerprint density at radius 3 is 2.57 bits per heavy atom. The molecule has 0 N–H and O–H groups in total. The third-order valence-corrected chi connectivity index (χ3v) is 5.42. The number of nitrogens with zero attached hydrogens (tertiary/aromatic N) is 5. The topological polar surface area (TPSA) is 54.3 Å². The number of aryl methyl sites for hydroxylation is 2. The summed E-state index contributed by atoms with van der Waals surface area (Å²) in [6, 6.07) is 6.69. The van der Waals surface area contributed by atoms with Gasteiger partial charge in [-0.25, -0.2) is 4.98 Å². The fourth-order valence-corrected chi connectivity index (χ4v) is 3.82. The summed E-state index contributed by atoms with van der Waals surface area (Å²) in [6.45, 7) is 4.88. The zero-order valence-electron chi connectivity index (χ0n) is 16.8. The van der Waals surface area contributed by atoms with E-state index in [2.05, 4.69) is 21.0 Å². The first-order valence-corrected chi connectivity index (χ1v) is 9.69. The maximum atomic E-state index is 12.9. The van der Waals surface area contributed by atoms with Crippen molar-refractivity contribution in [1.29, 1.82) is 0 Å². The monoisotopic (exact) mass is 417 g/mol. The largest absolute Gasteiger partial charge is 0.416 e. The van der Waals surface area contributed by atoms with Gasteiger partial charge in [0.1, 0.15) is 0 Å². The van der Waals surface area contributed by atoms with Crippen LogP contribution in [0, 0.1) is 6.92 Å². The number of hydrogen-bond donors (Lipinski definition) is 0. The number of amides is 1. The molecule has 2 aromatic heterocycles. The average molecular weight is 417 g/mol. The Hall–Kier alpha value is -2.94. The van der Waals surface area contributed by atoms with Gasteiger partial charge < -0.3 is 4.90 Å². The molecule has 3 aromatic rings. The minimum Gasteiger partial charge on any atom is -0.336 e. The Balaban J connectivity index is 1.39. The molecule has 0 unspecified atom stereocenters. The number of carbonyl (C=O) groups is 1. The lowest BCUT2D eigenvalue weighted by atomic mass is 10.1. The first-order chi connectivity index (χ1) is 14.2. The number of benzene rings is 1. The summed E-state index contributed by atoms with van der Waals surface area (Å²) in [5.74, 6) is -0.366. The van der Waals surface area contributed by atoms with Crippen molar-refractivity contribution in [2.75, 3.05) is 26.2 Å². The van der Waals surface area contributed by atoms with Gasteiger partial charge in [0.2, 0.25) is 0 Å². The number of aromatic nitrogens is 3. The van der Waals surface area contributed by atoms with Gasteiger partial charge in [0.15, 0.2) is 5.65 Å². The van der Waals surface area contributed by atoms with Crippen molar-refractivity contribution in [3.8, 4) is 0 Å². The van der Waals surface area contributed by atoms with Gasteiger partial charge >= 0.3 is 6.18 Å². The molecule has 1 aliphatic heterocycles. The van der Waals surface area contributed by atoms with E-state index in [1.54, 1.807) is 9.58 Å². The Bertz CT molecular complexity index is 1080. The number of carbonyl (C=O) groups excluding carboxylic acids is 1. The van der Waals surface area contributed by atoms with Crippen molar-refractivity contribution in [2.45, 2.75) is 19.6 Å². The van der Waals surface area contributed by atoms with Crippen LogP contribution in [0.1, 0.15) is 27.2 Å². The van der Waals surface area contributed by atoms with E-state index in [-0.39, 0.29) is 11.5 Å². The minimum atomic E-state index is -4.46. The van der Waals surface area contributed by atoms with Gasteiger partial charge in [-0.2, -0.15) is 18.3 Å². The van der Waals surface area contributed by atoms with Crippen LogP contribution in [0.5, 0.6) is 0 Å². The van der Waals surface area contributed by atoms with Gasteiger partial charge in [-0.15, -0.1) is 0 Å². The summed E-state index contributed by atoms with van der Waals surface area (Å²) in [5, 5.41) is 5.41. The maximum absolute atomic E-state index is 12.9. The molecule has 0 radical (unpaired) electrons. The fourth-order valence-electron chi connectivity index (χ4n) is 3.82. The van der Waals surface area contributed by atoms with Crippen molar-refractivity contribution >= 4 is 16.9 Å². The highest BCUT2D eigenvalue weighted by Crippen LogP contribution is 2.30. The molecular formula is C21H22F3N5O. The standard InChI is InChI=1S/C21H22F3N5O/c1-14-18-10-15(12-25-19(18)27(2)26-14)13-28-6-8-29(9-7-28)20(30)16-4-3-5-17(11-16)21(22,23)24/h3-5,10-12H,6-9,13H2,1-2H3. The van der Waals surface area contributed by atoms with Gasteiger partial charge in [-0.1, -0.05) is 6.07 Å². The molecule has 30 heavy (non-hydrogen) atoms. The van der Waals surface area contributed by atoms with Crippen LogP contribution in [0.25, 0.3) is 11.0 Å². The highest BCUT2D eigenvalue weighted by atomic mass is 19.4. The van der Waals surface area contributed by atoms with E-state index in [0.29, 0.717) is 32.7 Å². The lowest BCUT2D eigenvalue weighted by molar-refractivity contribution is -0.137. The van der Waals surface area contributed by atoms with Gasteiger partial charge in [0.25, 0.3) is 5.91 Å². The number of halogens is 3. The zero-order chi connectivity index (χ0) is 21.5. The molecule has 6 nitrogen and oxygen atoms in total. The lowest BCUT2D eigenvalue weighted by Crippen LogP contribution is -2.48. The van der Waals surface area contributed by atoms with E-state index >= 15 is 0 Å². The van der Waals surface area contributed by atoms with E-state index < -0.39 is 11.7 Å². The van der Waals surface area contributed by atoms with Gasteiger partial charge in [0.05, 0.1) is 11.3 Å². The summed E-state index contributed by atoms with van der Waals surface area (Å²) in [4.78, 5) is 21.0. The normalized spacial score (nSPS) is 15.7. The molecule has 1 fully saturated rings. The predicted molar refractivity (Wildman–Crippen MR) is 106 cm³/mol. The minimum absolute atomic E-state index is 0.0694. The van der Waals surface area contributed by atoms with Gasteiger partial charge in [-0.3, -0.25) is 14.4 Å². The number of piperazine rings is 1. The molecule has 1 saturated heterocycles. The van der Waals surface area contributed by atoms with Crippen LogP contribution < -0.4 is 0 Å². The maximum Gasteiger partial charge on any atom is 0.416 e. The third kappa shape index (κ3) is 4.02. The molecule has 3 heterocycles. The average Bonchev–Trinajstić information content (AvgIpc) is 3.01. The van der Waals surface area contributed by atoms with Crippen LogP contribution in [0.15, 0.2) is 36.5 Å². The lowest BCUT2D eigenvalue weighted by Gasteiger charge is -2.34. The molecule has 0 atom stereocenters. The van der Waals surface area contributed by atoms with E-state index in [9.17, 15) is 18.0 Å². The first kappa shape index (κ1) is 20.3. The Morgan fingerprint density at radius 2 is 1.87 bits per heavy atom. The molecular weight excluding hydrogens is 395 g/mol. The highest BCUT2D eigenvalue weighted by molar-refractivity contribution is 5.94. The second-order valence-corrected chi connectivity index (χ2v) is 7.57. The molecule has 9 heteroatoms. The first-order valence-electron chi connectivity index (χ1n) is 9.69. The molecule has 0 spiro atoms. The quantitative estimate of drug-likeness (QED) is 0.657. The molecule has 0 aliphatic carbocycles. The van der Waals surface area contributed by atoms with Crippen LogP contribution in [0.3, 0.4) is 0 Å². The third-order valence-electron chi connectivity index (χ3n) is 5.42. The van der Waals surface area contributed by atoms with Crippen molar-refractivity contribution < 1.29 is 18.0 Å². The van der Waals surface area contributed by atoms with Crippen LogP contribution in [0.4, 0.5) is 13.2 Å². The highest BCUT2D eigenvalue weighted by Gasteiger charge is 2.31. The van der Waals surface area contributed by atoms with Crippen molar-refractivity contribution in [3.63, 3.8) is 0 Å². The van der Waals surface area contributed by atoms with Crippen molar-refractivity contribution in [2.24, 2.45) is 7.05 Å². The molecule has 4 rings (SSSR count). The summed E-state index contributed by atoms with van der Waals surface area (Å²) < 4.78 is 40.5. The Kier molecular flexibility index (Phi) is 5.23. The molecule has 0 bridgehead atoms. The number of fused-ring (bicyclic) bond motifs is 1. The molecule has 1 amide bonds. The second-order valence-electron chi connectivity index (χ2n) is 7.57. The number of hydrogen-bond acceptors (Lipinski definition) is 4. The number of rotatable bonds is 3. The van der Waals surface area contributed by atoms with Crippen LogP contribution >= 0.6 is 0 Å². The zero-order valence-corrected chi connectivity index (χ0v) is 16.8. The van der Waals surface area contributed by atoms with Gasteiger partial charge in [0, 0.05) is 56.9 Å². The van der Waals surface area contributed by atoms with Gasteiger partial charge in [-0.05, 0) is 36.8 Å². The van der Waals surface area contributed by atoms with E-state index in [1.165, 1.54) is 12.1 Å². The number of pyridine rings is 1. The molecule has 158 valence electrons. The summed E-state index contributed by atoms with van der Waals surface area (Å²) in [6.07, 6.45) is -2.62. The molecule has 1 aliphatic rings. The Morgan fingerprint density at radius 1 is 1.13 bits per heavy atom. The van der Waals surface area contributed by atoms with Crippen LogP contribution in [-0.2, 0) is 19.8 Å². The summed E-state index contributed by atoms with van der Waals surface area (Å²) in [7, 11) is 1.86. The van der Waals surface area contributed by atoms with E-state index in [0.717, 1.165) is 34.4 Å². The Labute approximate surface area is 171 Å². The van der Waals surface area contributed by atoms with Crippen molar-refractivity contribution in [3.05, 3.63) is 58.9 Å². The summed E-state index contributed by atoms with van der Waals surface area (Å²) in [5.41, 5.74) is 2.10. The fraction of sp³-hybridized carbons (Fsp3) is 0.381. The summed E-state index contributed by atoms with van der Waals surface area (Å²) >= 11 is 0. The van der Waals surface area contributed by atoms with Crippen LogP contribution in [-0.4, -0.2) is 56.7 Å². The predicted octanol–water partition coefficient (Wildman–Crippen LogP) is 3.25.